The van der Waals surface area contributed by atoms with Crippen LogP contribution in [0.1, 0.15) is 37.5 Å². The largest absolute Gasteiger partial charge is 0.490 e. The Labute approximate surface area is 207 Å². The van der Waals surface area contributed by atoms with E-state index in [0.717, 1.165) is 9.13 Å². The van der Waals surface area contributed by atoms with Gasteiger partial charge in [0.05, 0.1) is 22.5 Å². The summed E-state index contributed by atoms with van der Waals surface area (Å²) in [6.45, 7) is 6.30. The van der Waals surface area contributed by atoms with Crippen LogP contribution in [0.4, 0.5) is 0 Å². The van der Waals surface area contributed by atoms with Crippen LogP contribution in [0.5, 0.6) is 11.5 Å². The van der Waals surface area contributed by atoms with Crippen molar-refractivity contribution in [3.8, 4) is 11.5 Å². The molecule has 3 aromatic rings. The average Bonchev–Trinajstić information content (AvgIpc) is 2.82. The predicted molar refractivity (Wildman–Crippen MR) is 138 cm³/mol. The number of halogens is 1. The average molecular weight is 558 g/mol. The van der Waals surface area contributed by atoms with E-state index in [4.69, 9.17) is 9.47 Å². The third kappa shape index (κ3) is 5.91. The molecule has 0 spiro atoms. The first-order valence-corrected chi connectivity index (χ1v) is 11.7. The van der Waals surface area contributed by atoms with E-state index in [1.165, 1.54) is 6.21 Å². The molecule has 0 aromatic heterocycles. The quantitative estimate of drug-likeness (QED) is 0.223. The molecule has 2 N–H and O–H groups in total. The predicted octanol–water partition coefficient (Wildman–Crippen LogP) is 4.86. The van der Waals surface area contributed by atoms with Gasteiger partial charge in [0.25, 0.3) is 5.91 Å². The molecule has 33 heavy (non-hydrogen) atoms. The molecule has 0 saturated carbocycles. The lowest BCUT2D eigenvalue weighted by atomic mass is 9.85. The maximum atomic E-state index is 13.1. The molecule has 0 radical (unpaired) electrons. The minimum Gasteiger partial charge on any atom is -0.490 e. The summed E-state index contributed by atoms with van der Waals surface area (Å²) in [6, 6.07) is 21.3. The standard InChI is InChI=1S/C26H27IN2O4/c1-4-32-23-16-19(15-22(27)24(23)33-18(2)3)17-28-29-25(30)26(31,20-11-7-5-8-12-20)21-13-9-6-10-14-21/h5-18,31H,4H2,1-3H3,(H,29,30)/b28-17+. The van der Waals surface area contributed by atoms with Gasteiger partial charge in [-0.1, -0.05) is 60.7 Å². The van der Waals surface area contributed by atoms with Crippen LogP contribution in [-0.4, -0.2) is 29.9 Å². The molecule has 0 aliphatic carbocycles. The van der Waals surface area contributed by atoms with Gasteiger partial charge in [0.15, 0.2) is 17.1 Å². The summed E-state index contributed by atoms with van der Waals surface area (Å²) in [7, 11) is 0. The van der Waals surface area contributed by atoms with E-state index in [2.05, 4.69) is 33.1 Å². The van der Waals surface area contributed by atoms with Crippen molar-refractivity contribution in [3.05, 3.63) is 93.1 Å². The number of carbonyl (C=O) groups excluding carboxylic acids is 1. The van der Waals surface area contributed by atoms with E-state index >= 15 is 0 Å². The number of benzene rings is 3. The molecule has 0 unspecified atom stereocenters. The van der Waals surface area contributed by atoms with Crippen LogP contribution in [0.15, 0.2) is 77.9 Å². The van der Waals surface area contributed by atoms with Gasteiger partial charge < -0.3 is 14.6 Å². The zero-order chi connectivity index (χ0) is 23.8. The normalized spacial score (nSPS) is 11.6. The summed E-state index contributed by atoms with van der Waals surface area (Å²) >= 11 is 2.18. The number of hydrogen-bond donors (Lipinski definition) is 2. The first-order valence-electron chi connectivity index (χ1n) is 10.7. The number of nitrogens with one attached hydrogen (secondary N) is 1. The Kier molecular flexibility index (Phi) is 8.46. The van der Waals surface area contributed by atoms with Crippen molar-refractivity contribution in [1.29, 1.82) is 0 Å². The van der Waals surface area contributed by atoms with E-state index in [0.29, 0.717) is 29.2 Å². The van der Waals surface area contributed by atoms with Crippen LogP contribution in [0.2, 0.25) is 0 Å². The lowest BCUT2D eigenvalue weighted by Crippen LogP contribution is -2.43. The molecule has 0 atom stereocenters. The number of rotatable bonds is 9. The van der Waals surface area contributed by atoms with Crippen molar-refractivity contribution < 1.29 is 19.4 Å². The van der Waals surface area contributed by atoms with Crippen LogP contribution >= 0.6 is 22.6 Å². The van der Waals surface area contributed by atoms with Gasteiger partial charge >= 0.3 is 0 Å². The molecule has 0 bridgehead atoms. The maximum Gasteiger partial charge on any atom is 0.281 e. The zero-order valence-electron chi connectivity index (χ0n) is 18.8. The van der Waals surface area contributed by atoms with E-state index in [9.17, 15) is 9.90 Å². The van der Waals surface area contributed by atoms with Gasteiger partial charge in [-0.25, -0.2) is 5.43 Å². The number of ether oxygens (including phenoxy) is 2. The number of nitrogens with zero attached hydrogens (tertiary/aromatic N) is 1. The molecule has 0 heterocycles. The smallest absolute Gasteiger partial charge is 0.281 e. The molecule has 172 valence electrons. The van der Waals surface area contributed by atoms with Crippen molar-refractivity contribution in [1.82, 2.24) is 5.43 Å². The summed E-state index contributed by atoms with van der Waals surface area (Å²) in [5.41, 5.74) is 2.23. The highest BCUT2D eigenvalue weighted by atomic mass is 127. The Bertz CT molecular complexity index is 1060. The van der Waals surface area contributed by atoms with Crippen molar-refractivity contribution in [2.24, 2.45) is 5.10 Å². The summed E-state index contributed by atoms with van der Waals surface area (Å²) in [5, 5.41) is 15.6. The Balaban J connectivity index is 1.87. The highest BCUT2D eigenvalue weighted by Crippen LogP contribution is 2.35. The highest BCUT2D eigenvalue weighted by molar-refractivity contribution is 14.1. The van der Waals surface area contributed by atoms with Gasteiger partial charge in [-0.05, 0) is 72.2 Å². The summed E-state index contributed by atoms with van der Waals surface area (Å²) in [6.07, 6.45) is 1.52. The van der Waals surface area contributed by atoms with E-state index < -0.39 is 11.5 Å². The summed E-state index contributed by atoms with van der Waals surface area (Å²) < 4.78 is 12.5. The Morgan fingerprint density at radius 3 is 2.18 bits per heavy atom. The highest BCUT2D eigenvalue weighted by Gasteiger charge is 2.39. The lowest BCUT2D eigenvalue weighted by molar-refractivity contribution is -0.136. The molecule has 3 rings (SSSR count). The Hall–Kier alpha value is -2.91. The van der Waals surface area contributed by atoms with E-state index in [1.807, 2.05) is 39.0 Å². The first kappa shape index (κ1) is 24.7. The van der Waals surface area contributed by atoms with Gasteiger partial charge in [0.1, 0.15) is 0 Å². The zero-order valence-corrected chi connectivity index (χ0v) is 20.9. The lowest BCUT2D eigenvalue weighted by Gasteiger charge is -2.27. The van der Waals surface area contributed by atoms with Crippen molar-refractivity contribution in [2.75, 3.05) is 6.61 Å². The molecular formula is C26H27IN2O4. The summed E-state index contributed by atoms with van der Waals surface area (Å²) in [5.74, 6) is 0.628. The van der Waals surface area contributed by atoms with Crippen molar-refractivity contribution in [2.45, 2.75) is 32.5 Å². The van der Waals surface area contributed by atoms with Crippen molar-refractivity contribution >= 4 is 34.7 Å². The molecule has 6 nitrogen and oxygen atoms in total. The van der Waals surface area contributed by atoms with Crippen LogP contribution in [0.3, 0.4) is 0 Å². The minimum atomic E-state index is -1.89. The number of carbonyl (C=O) groups is 1. The van der Waals surface area contributed by atoms with E-state index in [-0.39, 0.29) is 6.10 Å². The molecule has 0 aliphatic heterocycles. The van der Waals surface area contributed by atoms with Crippen LogP contribution < -0.4 is 14.9 Å². The van der Waals surface area contributed by atoms with Gasteiger partial charge in [-0.3, -0.25) is 4.79 Å². The Morgan fingerprint density at radius 1 is 1.09 bits per heavy atom. The second-order valence-electron chi connectivity index (χ2n) is 7.57. The van der Waals surface area contributed by atoms with Crippen LogP contribution in [-0.2, 0) is 10.4 Å². The molecule has 7 heteroatoms. The molecule has 1 amide bonds. The molecular weight excluding hydrogens is 531 g/mol. The molecule has 3 aromatic carbocycles. The third-order valence-electron chi connectivity index (χ3n) is 4.78. The molecule has 0 fully saturated rings. The fraction of sp³-hybridized carbons (Fsp3) is 0.231. The molecule has 0 aliphatic rings. The van der Waals surface area contributed by atoms with Gasteiger partial charge in [-0.15, -0.1) is 0 Å². The van der Waals surface area contributed by atoms with Crippen molar-refractivity contribution in [3.63, 3.8) is 0 Å². The minimum absolute atomic E-state index is 0.00479. The topological polar surface area (TPSA) is 80.2 Å². The van der Waals surface area contributed by atoms with Crippen LogP contribution in [0, 0.1) is 3.57 Å². The van der Waals surface area contributed by atoms with Gasteiger partial charge in [-0.2, -0.15) is 5.10 Å². The first-order chi connectivity index (χ1) is 15.9. The molecule has 0 saturated heterocycles. The number of hydrazone groups is 1. The van der Waals surface area contributed by atoms with E-state index in [1.54, 1.807) is 54.6 Å². The second kappa shape index (κ2) is 11.3. The monoisotopic (exact) mass is 558 g/mol. The summed E-state index contributed by atoms with van der Waals surface area (Å²) in [4.78, 5) is 13.1. The Morgan fingerprint density at radius 2 is 1.67 bits per heavy atom. The number of aliphatic hydroxyl groups is 1. The third-order valence-corrected chi connectivity index (χ3v) is 5.58. The number of hydrogen-bond acceptors (Lipinski definition) is 5. The van der Waals surface area contributed by atoms with Gasteiger partial charge in [0, 0.05) is 0 Å². The fourth-order valence-corrected chi connectivity index (χ4v) is 4.06. The van der Waals surface area contributed by atoms with Gasteiger partial charge in [0.2, 0.25) is 0 Å². The fourth-order valence-electron chi connectivity index (χ4n) is 3.31. The SMILES string of the molecule is CCOc1cc(/C=N/NC(=O)C(O)(c2ccccc2)c2ccccc2)cc(I)c1OC(C)C. The van der Waals surface area contributed by atoms with Crippen LogP contribution in [0.25, 0.3) is 0 Å². The number of amides is 1. The maximum absolute atomic E-state index is 13.1. The second-order valence-corrected chi connectivity index (χ2v) is 8.73.